The first kappa shape index (κ1) is 18.1. The molecule has 0 bridgehead atoms. The third kappa shape index (κ3) is 4.49. The lowest BCUT2D eigenvalue weighted by Gasteiger charge is -2.37. The number of nitrogens with zero attached hydrogens (tertiary/aromatic N) is 2. The van der Waals surface area contributed by atoms with Crippen molar-refractivity contribution in [3.05, 3.63) is 63.2 Å². The summed E-state index contributed by atoms with van der Waals surface area (Å²) >= 11 is 7.68. The van der Waals surface area contributed by atoms with Gasteiger partial charge in [-0.05, 0) is 71.6 Å². The maximum atomic E-state index is 12.4. The van der Waals surface area contributed by atoms with Gasteiger partial charge in [-0.15, -0.1) is 0 Å². The van der Waals surface area contributed by atoms with Crippen molar-refractivity contribution in [2.24, 2.45) is 0 Å². The first-order valence-electron chi connectivity index (χ1n) is 8.21. The Labute approximate surface area is 167 Å². The van der Waals surface area contributed by atoms with Crippen LogP contribution in [0.1, 0.15) is 15.9 Å². The van der Waals surface area contributed by atoms with E-state index in [0.29, 0.717) is 10.7 Å². The van der Waals surface area contributed by atoms with E-state index < -0.39 is 0 Å². The van der Waals surface area contributed by atoms with Gasteiger partial charge in [-0.1, -0.05) is 24.3 Å². The van der Waals surface area contributed by atoms with Gasteiger partial charge in [0.15, 0.2) is 5.11 Å². The number of hydrogen-bond acceptors (Lipinski definition) is 3. The minimum atomic E-state index is -0.145. The highest BCUT2D eigenvalue weighted by Crippen LogP contribution is 2.16. The summed E-state index contributed by atoms with van der Waals surface area (Å²) < 4.78 is 1.08. The summed E-state index contributed by atoms with van der Waals surface area (Å²) in [6, 6.07) is 16.0. The van der Waals surface area contributed by atoms with Crippen LogP contribution in [0.2, 0.25) is 0 Å². The van der Waals surface area contributed by atoms with Crippen LogP contribution in [0.15, 0.2) is 48.5 Å². The fourth-order valence-corrected chi connectivity index (χ4v) is 3.58. The molecule has 1 heterocycles. The van der Waals surface area contributed by atoms with Crippen molar-refractivity contribution in [3.8, 4) is 0 Å². The molecule has 0 saturated carbocycles. The molecule has 1 aliphatic rings. The molecule has 130 valence electrons. The Morgan fingerprint density at radius 3 is 2.40 bits per heavy atom. The van der Waals surface area contributed by atoms with Crippen LogP contribution in [0.25, 0.3) is 0 Å². The number of rotatable bonds is 2. The van der Waals surface area contributed by atoms with E-state index in [1.165, 1.54) is 5.69 Å². The molecular weight excluding hydrogens is 445 g/mol. The van der Waals surface area contributed by atoms with E-state index in [1.807, 2.05) is 31.2 Å². The van der Waals surface area contributed by atoms with Crippen molar-refractivity contribution in [2.45, 2.75) is 6.92 Å². The van der Waals surface area contributed by atoms with Crippen molar-refractivity contribution in [2.75, 3.05) is 31.1 Å². The monoisotopic (exact) mass is 465 g/mol. The topological polar surface area (TPSA) is 35.6 Å². The van der Waals surface area contributed by atoms with E-state index in [2.05, 4.69) is 62.0 Å². The van der Waals surface area contributed by atoms with Crippen molar-refractivity contribution in [1.29, 1.82) is 0 Å². The maximum Gasteiger partial charge on any atom is 0.257 e. The average molecular weight is 465 g/mol. The predicted molar refractivity (Wildman–Crippen MR) is 114 cm³/mol. The lowest BCUT2D eigenvalue weighted by Crippen LogP contribution is -2.52. The Hall–Kier alpha value is -1.67. The minimum Gasteiger partial charge on any atom is -0.368 e. The molecule has 3 rings (SSSR count). The Morgan fingerprint density at radius 2 is 1.76 bits per heavy atom. The summed E-state index contributed by atoms with van der Waals surface area (Å²) in [6.45, 7) is 5.42. The number of benzene rings is 2. The Morgan fingerprint density at radius 1 is 1.08 bits per heavy atom. The Bertz CT molecular complexity index is 773. The van der Waals surface area contributed by atoms with Gasteiger partial charge < -0.3 is 9.80 Å². The summed E-state index contributed by atoms with van der Waals surface area (Å²) in [7, 11) is 0. The number of para-hydroxylation sites is 1. The molecule has 1 N–H and O–H groups in total. The lowest BCUT2D eigenvalue weighted by molar-refractivity contribution is 0.0973. The smallest absolute Gasteiger partial charge is 0.257 e. The van der Waals surface area contributed by atoms with E-state index in [-0.39, 0.29) is 5.91 Å². The number of piperazine rings is 1. The number of halogens is 1. The van der Waals surface area contributed by atoms with Crippen LogP contribution in [0.5, 0.6) is 0 Å². The highest BCUT2D eigenvalue weighted by atomic mass is 127. The molecule has 1 aliphatic heterocycles. The summed E-state index contributed by atoms with van der Waals surface area (Å²) in [6.07, 6.45) is 0. The van der Waals surface area contributed by atoms with Crippen LogP contribution in [0, 0.1) is 10.5 Å². The summed E-state index contributed by atoms with van der Waals surface area (Å²) in [5, 5.41) is 3.37. The van der Waals surface area contributed by atoms with Gasteiger partial charge in [-0.3, -0.25) is 10.1 Å². The zero-order valence-corrected chi connectivity index (χ0v) is 17.0. The van der Waals surface area contributed by atoms with E-state index >= 15 is 0 Å². The quantitative estimate of drug-likeness (QED) is 0.545. The maximum absolute atomic E-state index is 12.4. The molecule has 0 unspecified atom stereocenters. The molecule has 2 aromatic rings. The summed E-state index contributed by atoms with van der Waals surface area (Å²) in [5.74, 6) is -0.145. The van der Waals surface area contributed by atoms with Crippen LogP contribution in [-0.2, 0) is 0 Å². The normalized spacial score (nSPS) is 14.3. The number of anilines is 1. The zero-order chi connectivity index (χ0) is 17.8. The fraction of sp³-hybridized carbons (Fsp3) is 0.263. The van der Waals surface area contributed by atoms with E-state index in [0.717, 1.165) is 35.3 Å². The molecule has 0 radical (unpaired) electrons. The van der Waals surface area contributed by atoms with E-state index in [1.54, 1.807) is 0 Å². The molecule has 1 amide bonds. The molecule has 25 heavy (non-hydrogen) atoms. The van der Waals surface area contributed by atoms with Crippen LogP contribution in [0.3, 0.4) is 0 Å². The molecule has 0 aliphatic carbocycles. The van der Waals surface area contributed by atoms with Gasteiger partial charge in [0.05, 0.1) is 0 Å². The molecule has 4 nitrogen and oxygen atoms in total. The number of carbonyl (C=O) groups excluding carboxylic acids is 1. The summed E-state index contributed by atoms with van der Waals surface area (Å²) in [4.78, 5) is 16.8. The first-order chi connectivity index (χ1) is 12.0. The number of carbonyl (C=O) groups is 1. The van der Waals surface area contributed by atoms with Gasteiger partial charge in [0.25, 0.3) is 5.91 Å². The van der Waals surface area contributed by atoms with Gasteiger partial charge in [0.1, 0.15) is 0 Å². The van der Waals surface area contributed by atoms with Crippen molar-refractivity contribution < 1.29 is 4.79 Å². The van der Waals surface area contributed by atoms with Gasteiger partial charge in [0.2, 0.25) is 0 Å². The van der Waals surface area contributed by atoms with Gasteiger partial charge in [0, 0.05) is 41.0 Å². The number of hydrogen-bond donors (Lipinski definition) is 1. The number of nitrogens with one attached hydrogen (secondary N) is 1. The standard InChI is InChI=1S/C19H20IN3OS/c1-14-7-8-15(13-17(14)20)18(24)21-19(25)23-11-9-22(10-12-23)16-5-3-2-4-6-16/h2-8,13H,9-12H2,1H3,(H,21,24,25). The second-order valence-corrected chi connectivity index (χ2v) is 7.58. The number of amides is 1. The minimum absolute atomic E-state index is 0.145. The Kier molecular flexibility index (Phi) is 5.90. The average Bonchev–Trinajstić information content (AvgIpc) is 2.64. The van der Waals surface area contributed by atoms with Crippen LogP contribution < -0.4 is 10.2 Å². The SMILES string of the molecule is Cc1ccc(C(=O)NC(=S)N2CCN(c3ccccc3)CC2)cc1I. The second-order valence-electron chi connectivity index (χ2n) is 6.03. The van der Waals surface area contributed by atoms with Gasteiger partial charge in [-0.25, -0.2) is 0 Å². The second kappa shape index (κ2) is 8.14. The zero-order valence-electron chi connectivity index (χ0n) is 14.0. The predicted octanol–water partition coefficient (Wildman–Crippen LogP) is 3.44. The molecule has 1 fully saturated rings. The number of thiocarbonyl (C=S) groups is 1. The summed E-state index contributed by atoms with van der Waals surface area (Å²) in [5.41, 5.74) is 3.03. The van der Waals surface area contributed by atoms with Crippen LogP contribution >= 0.6 is 34.8 Å². The van der Waals surface area contributed by atoms with Crippen molar-refractivity contribution in [3.63, 3.8) is 0 Å². The highest BCUT2D eigenvalue weighted by Gasteiger charge is 2.20. The third-order valence-corrected chi connectivity index (χ3v) is 5.87. The first-order valence-corrected chi connectivity index (χ1v) is 9.70. The molecule has 0 aromatic heterocycles. The van der Waals surface area contributed by atoms with E-state index in [4.69, 9.17) is 12.2 Å². The van der Waals surface area contributed by atoms with E-state index in [9.17, 15) is 4.79 Å². The van der Waals surface area contributed by atoms with Gasteiger partial charge >= 0.3 is 0 Å². The largest absolute Gasteiger partial charge is 0.368 e. The molecule has 2 aromatic carbocycles. The van der Waals surface area contributed by atoms with Crippen LogP contribution in [0.4, 0.5) is 5.69 Å². The molecular formula is C19H20IN3OS. The van der Waals surface area contributed by atoms with Crippen molar-refractivity contribution >= 4 is 51.5 Å². The van der Waals surface area contributed by atoms with Crippen LogP contribution in [-0.4, -0.2) is 42.1 Å². The highest BCUT2D eigenvalue weighted by molar-refractivity contribution is 14.1. The third-order valence-electron chi connectivity index (χ3n) is 4.34. The fourth-order valence-electron chi connectivity index (χ4n) is 2.79. The lowest BCUT2D eigenvalue weighted by atomic mass is 10.1. The molecule has 6 heteroatoms. The molecule has 0 atom stereocenters. The Balaban J connectivity index is 1.55. The molecule has 0 spiro atoms. The number of aryl methyl sites for hydroxylation is 1. The van der Waals surface area contributed by atoms with Gasteiger partial charge in [-0.2, -0.15) is 0 Å². The van der Waals surface area contributed by atoms with Crippen molar-refractivity contribution in [1.82, 2.24) is 10.2 Å². The molecule has 1 saturated heterocycles.